The predicted octanol–water partition coefficient (Wildman–Crippen LogP) is 2.59. The van der Waals surface area contributed by atoms with Crippen molar-refractivity contribution in [1.82, 2.24) is 0 Å². The fourth-order valence-electron chi connectivity index (χ4n) is 4.02. The first-order valence-electron chi connectivity index (χ1n) is 9.97. The summed E-state index contributed by atoms with van der Waals surface area (Å²) in [5.41, 5.74) is 0. The molecule has 4 nitrogen and oxygen atoms in total. The summed E-state index contributed by atoms with van der Waals surface area (Å²) in [4.78, 5) is 20.3. The molecule has 5 heteroatoms. The summed E-state index contributed by atoms with van der Waals surface area (Å²) in [6.45, 7) is 0. The van der Waals surface area contributed by atoms with Crippen LogP contribution in [0, 0.1) is 11.8 Å². The summed E-state index contributed by atoms with van der Waals surface area (Å²) in [6.07, 6.45) is 17.7. The van der Waals surface area contributed by atoms with Crippen molar-refractivity contribution in [3.8, 4) is 0 Å². The van der Waals surface area contributed by atoms with E-state index in [0.29, 0.717) is 0 Å². The normalized spacial score (nSPS) is 18.6. The molecular weight excluding hydrogens is 329 g/mol. The van der Waals surface area contributed by atoms with Crippen LogP contribution in [0.4, 0.5) is 0 Å². The SMILES string of the molecule is O=C([O-])CCCC1CCCCC1.O=C([O-])CCCC1CCCCC1.[Mg+2]. The van der Waals surface area contributed by atoms with Crippen molar-refractivity contribution >= 4 is 35.0 Å². The Morgan fingerprint density at radius 3 is 1.24 bits per heavy atom. The molecule has 0 unspecified atom stereocenters. The Bertz CT molecular complexity index is 314. The first-order valence-corrected chi connectivity index (χ1v) is 9.97. The first kappa shape index (κ1) is 24.7. The Morgan fingerprint density at radius 2 is 0.960 bits per heavy atom. The molecule has 2 aliphatic carbocycles. The Balaban J connectivity index is 0.000000443. The van der Waals surface area contributed by atoms with E-state index in [-0.39, 0.29) is 35.9 Å². The van der Waals surface area contributed by atoms with Crippen molar-refractivity contribution in [1.29, 1.82) is 0 Å². The van der Waals surface area contributed by atoms with E-state index in [9.17, 15) is 19.8 Å². The number of rotatable bonds is 8. The Morgan fingerprint density at radius 1 is 0.640 bits per heavy atom. The van der Waals surface area contributed by atoms with Crippen molar-refractivity contribution in [3.05, 3.63) is 0 Å². The molecule has 0 bridgehead atoms. The molecule has 2 saturated carbocycles. The number of aliphatic carboxylic acids is 2. The largest absolute Gasteiger partial charge is 2.00 e. The Kier molecular flexibility index (Phi) is 15.7. The van der Waals surface area contributed by atoms with Crippen LogP contribution >= 0.6 is 0 Å². The van der Waals surface area contributed by atoms with Crippen LogP contribution in [0.2, 0.25) is 0 Å². The van der Waals surface area contributed by atoms with Gasteiger partial charge in [0.1, 0.15) is 0 Å². The van der Waals surface area contributed by atoms with Crippen molar-refractivity contribution in [2.75, 3.05) is 0 Å². The van der Waals surface area contributed by atoms with Gasteiger partial charge in [0.05, 0.1) is 0 Å². The zero-order valence-electron chi connectivity index (χ0n) is 15.8. The third kappa shape index (κ3) is 14.6. The zero-order valence-corrected chi connectivity index (χ0v) is 17.2. The molecule has 0 heterocycles. The van der Waals surface area contributed by atoms with Crippen LogP contribution < -0.4 is 10.2 Å². The van der Waals surface area contributed by atoms with E-state index >= 15 is 0 Å². The molecule has 0 aromatic heterocycles. The van der Waals surface area contributed by atoms with E-state index in [1.165, 1.54) is 64.2 Å². The van der Waals surface area contributed by atoms with Gasteiger partial charge in [-0.05, 0) is 37.5 Å². The van der Waals surface area contributed by atoms with Gasteiger partial charge in [-0.2, -0.15) is 0 Å². The Hall–Kier alpha value is -0.294. The van der Waals surface area contributed by atoms with Crippen LogP contribution in [0.25, 0.3) is 0 Å². The van der Waals surface area contributed by atoms with Crippen LogP contribution in [0.3, 0.4) is 0 Å². The summed E-state index contributed by atoms with van der Waals surface area (Å²) >= 11 is 0. The second-order valence-electron chi connectivity index (χ2n) is 7.54. The molecule has 0 aromatic carbocycles. The minimum atomic E-state index is -0.897. The van der Waals surface area contributed by atoms with Gasteiger partial charge in [0.15, 0.2) is 0 Å². The molecule has 0 spiro atoms. The zero-order chi connectivity index (χ0) is 17.6. The van der Waals surface area contributed by atoms with Crippen molar-refractivity contribution in [3.63, 3.8) is 0 Å². The van der Waals surface area contributed by atoms with Crippen LogP contribution in [0.1, 0.15) is 103 Å². The molecule has 140 valence electrons. The minimum absolute atomic E-state index is 0. The van der Waals surface area contributed by atoms with Crippen molar-refractivity contribution in [2.24, 2.45) is 11.8 Å². The van der Waals surface area contributed by atoms with Gasteiger partial charge in [0.2, 0.25) is 0 Å². The topological polar surface area (TPSA) is 80.3 Å². The van der Waals surface area contributed by atoms with Crippen LogP contribution in [0.15, 0.2) is 0 Å². The maximum absolute atomic E-state index is 10.1. The third-order valence-electron chi connectivity index (χ3n) is 5.44. The molecule has 0 radical (unpaired) electrons. The van der Waals surface area contributed by atoms with Gasteiger partial charge in [0.25, 0.3) is 0 Å². The monoisotopic (exact) mass is 362 g/mol. The Labute approximate surface area is 169 Å². The van der Waals surface area contributed by atoms with Crippen LogP contribution in [0.5, 0.6) is 0 Å². The van der Waals surface area contributed by atoms with Gasteiger partial charge >= 0.3 is 23.1 Å². The van der Waals surface area contributed by atoms with E-state index in [2.05, 4.69) is 0 Å². The molecule has 0 saturated heterocycles. The van der Waals surface area contributed by atoms with Gasteiger partial charge in [-0.3, -0.25) is 0 Å². The summed E-state index contributed by atoms with van der Waals surface area (Å²) in [5.74, 6) is -0.187. The van der Waals surface area contributed by atoms with Crippen molar-refractivity contribution in [2.45, 2.75) is 103 Å². The molecule has 2 rings (SSSR count). The van der Waals surface area contributed by atoms with E-state index in [4.69, 9.17) is 0 Å². The molecule has 2 fully saturated rings. The number of carbonyl (C=O) groups excluding carboxylic acids is 2. The molecule has 0 N–H and O–H groups in total. The molecule has 25 heavy (non-hydrogen) atoms. The standard InChI is InChI=1S/2C10H18O2.Mg/c2*11-10(12)8-4-7-9-5-2-1-3-6-9;/h2*9H,1-8H2,(H,11,12);/q;;+2/p-2. The van der Waals surface area contributed by atoms with Gasteiger partial charge in [-0.15, -0.1) is 0 Å². The minimum Gasteiger partial charge on any atom is -0.550 e. The number of carbonyl (C=O) groups is 2. The third-order valence-corrected chi connectivity index (χ3v) is 5.44. The average molecular weight is 363 g/mol. The molecule has 0 amide bonds. The quantitative estimate of drug-likeness (QED) is 0.621. The fourth-order valence-corrected chi connectivity index (χ4v) is 4.02. The first-order chi connectivity index (χ1) is 11.6. The van der Waals surface area contributed by atoms with E-state index in [1.807, 2.05) is 0 Å². The molecule has 0 aromatic rings. The maximum Gasteiger partial charge on any atom is 2.00 e. The smallest absolute Gasteiger partial charge is 0.550 e. The molecular formula is C20H34MgO4. The molecule has 0 atom stereocenters. The van der Waals surface area contributed by atoms with Crippen LogP contribution in [-0.4, -0.2) is 35.0 Å². The summed E-state index contributed by atoms with van der Waals surface area (Å²) in [7, 11) is 0. The van der Waals surface area contributed by atoms with E-state index < -0.39 is 11.9 Å². The summed E-state index contributed by atoms with van der Waals surface area (Å²) in [6, 6.07) is 0. The van der Waals surface area contributed by atoms with Gasteiger partial charge in [-0.25, -0.2) is 0 Å². The second kappa shape index (κ2) is 15.9. The number of carboxylic acid groups (broad SMARTS) is 2. The van der Waals surface area contributed by atoms with Gasteiger partial charge in [0, 0.05) is 11.9 Å². The van der Waals surface area contributed by atoms with Gasteiger partial charge < -0.3 is 19.8 Å². The fraction of sp³-hybridized carbons (Fsp3) is 0.900. The predicted molar refractivity (Wildman–Crippen MR) is 96.6 cm³/mol. The van der Waals surface area contributed by atoms with Crippen molar-refractivity contribution < 1.29 is 19.8 Å². The maximum atomic E-state index is 10.1. The van der Waals surface area contributed by atoms with E-state index in [1.54, 1.807) is 0 Å². The van der Waals surface area contributed by atoms with E-state index in [0.717, 1.165) is 37.5 Å². The number of hydrogen-bond acceptors (Lipinski definition) is 4. The summed E-state index contributed by atoms with van der Waals surface area (Å²) < 4.78 is 0. The molecule has 0 aliphatic heterocycles. The number of hydrogen-bond donors (Lipinski definition) is 0. The average Bonchev–Trinajstić information content (AvgIpc) is 2.57. The van der Waals surface area contributed by atoms with Crippen LogP contribution in [-0.2, 0) is 9.59 Å². The number of carboxylic acids is 2. The molecule has 2 aliphatic rings. The second-order valence-corrected chi connectivity index (χ2v) is 7.54. The van der Waals surface area contributed by atoms with Gasteiger partial charge in [-0.1, -0.05) is 77.0 Å². The summed E-state index contributed by atoms with van der Waals surface area (Å²) in [5, 5.41) is 20.3.